The largest absolute Gasteiger partial charge is 0.497 e. The fraction of sp³-hybridized carbons (Fsp3) is 0.286. The van der Waals surface area contributed by atoms with Crippen molar-refractivity contribution in [2.75, 3.05) is 13.7 Å². The number of carbonyl (C=O) groups is 2. The number of aliphatic hydroxyl groups is 1. The van der Waals surface area contributed by atoms with Crippen LogP contribution in [0.1, 0.15) is 21.7 Å². The minimum atomic E-state index is -1.30. The normalized spacial score (nSPS) is 22.9. The number of methoxy groups -OCH3 is 1. The summed E-state index contributed by atoms with van der Waals surface area (Å²) in [5.74, 6) is 0.885. The summed E-state index contributed by atoms with van der Waals surface area (Å²) in [6.07, 6.45) is -1.26. The van der Waals surface area contributed by atoms with Crippen molar-refractivity contribution in [2.24, 2.45) is 7.05 Å². The van der Waals surface area contributed by atoms with Gasteiger partial charge in [0.15, 0.2) is 11.8 Å². The maximum atomic E-state index is 13.1. The Kier molecular flexibility index (Phi) is 3.97. The number of para-hydroxylation sites is 2. The minimum absolute atomic E-state index is 0.0555. The van der Waals surface area contributed by atoms with E-state index in [1.54, 1.807) is 18.1 Å². The van der Waals surface area contributed by atoms with Gasteiger partial charge in [-0.3, -0.25) is 4.79 Å². The summed E-state index contributed by atoms with van der Waals surface area (Å²) in [6.45, 7) is 0.423. The number of carbonyl (C=O) groups excluding carboxylic acids is 2. The second-order valence-electron chi connectivity index (χ2n) is 7.64. The van der Waals surface area contributed by atoms with E-state index in [2.05, 4.69) is 15.6 Å². The maximum Gasteiger partial charge on any atom is 0.317 e. The second-order valence-corrected chi connectivity index (χ2v) is 7.64. The number of hydrogen-bond donors (Lipinski definition) is 3. The number of hydrogen-bond acceptors (Lipinski definition) is 5. The van der Waals surface area contributed by atoms with Crippen LogP contribution < -0.4 is 15.4 Å². The standard InChI is InChI=1S/C21H21N5O4/c1-25-16-6-4-3-5-15(16)22-18(25)21(19(28)23-20(29)24-21)11-26-10-12-7-8-13(30-2)9-14(12)17(26)27/h3-9,19,28H,10-11H2,1-2H3,(H2,23,24,29). The van der Waals surface area contributed by atoms with Crippen LogP contribution in [0.15, 0.2) is 42.5 Å². The van der Waals surface area contributed by atoms with Gasteiger partial charge in [0.2, 0.25) is 0 Å². The maximum absolute atomic E-state index is 13.1. The molecule has 2 aliphatic rings. The van der Waals surface area contributed by atoms with Crippen molar-refractivity contribution in [1.29, 1.82) is 0 Å². The van der Waals surface area contributed by atoms with Crippen molar-refractivity contribution in [3.8, 4) is 5.75 Å². The van der Waals surface area contributed by atoms with E-state index in [9.17, 15) is 14.7 Å². The van der Waals surface area contributed by atoms with Gasteiger partial charge >= 0.3 is 6.03 Å². The number of aromatic nitrogens is 2. The van der Waals surface area contributed by atoms with Crippen LogP contribution in [0.25, 0.3) is 11.0 Å². The van der Waals surface area contributed by atoms with Crippen LogP contribution in [0.4, 0.5) is 4.79 Å². The predicted molar refractivity (Wildman–Crippen MR) is 108 cm³/mol. The van der Waals surface area contributed by atoms with Crippen molar-refractivity contribution in [2.45, 2.75) is 18.3 Å². The van der Waals surface area contributed by atoms with Gasteiger partial charge in [0.1, 0.15) is 11.6 Å². The van der Waals surface area contributed by atoms with Gasteiger partial charge in [-0.1, -0.05) is 18.2 Å². The van der Waals surface area contributed by atoms with Crippen LogP contribution in [0.5, 0.6) is 5.75 Å². The molecule has 0 radical (unpaired) electrons. The highest BCUT2D eigenvalue weighted by atomic mass is 16.5. The van der Waals surface area contributed by atoms with Crippen molar-refractivity contribution in [1.82, 2.24) is 25.1 Å². The number of ether oxygens (including phenoxy) is 1. The first kappa shape index (κ1) is 18.4. The molecule has 1 saturated heterocycles. The second kappa shape index (κ2) is 6.46. The van der Waals surface area contributed by atoms with Crippen LogP contribution in [0, 0.1) is 0 Å². The Morgan fingerprint density at radius 1 is 1.27 bits per heavy atom. The van der Waals surface area contributed by atoms with Crippen LogP contribution in [0.3, 0.4) is 0 Å². The third-order valence-corrected chi connectivity index (χ3v) is 5.89. The number of urea groups is 1. The number of amides is 3. The van der Waals surface area contributed by atoms with Crippen LogP contribution in [-0.2, 0) is 19.1 Å². The lowest BCUT2D eigenvalue weighted by molar-refractivity contribution is 0.0392. The SMILES string of the molecule is COc1ccc2c(c1)C(=O)N(CC1(c3nc4ccccc4n3C)NC(=O)NC1O)C2. The lowest BCUT2D eigenvalue weighted by atomic mass is 9.96. The topological polar surface area (TPSA) is 109 Å². The summed E-state index contributed by atoms with van der Waals surface area (Å²) in [5, 5.41) is 16.2. The quantitative estimate of drug-likeness (QED) is 0.599. The lowest BCUT2D eigenvalue weighted by Crippen LogP contribution is -2.56. The molecule has 1 aromatic heterocycles. The number of rotatable bonds is 4. The van der Waals surface area contributed by atoms with Gasteiger partial charge in [0, 0.05) is 19.2 Å². The van der Waals surface area contributed by atoms with Gasteiger partial charge in [0.25, 0.3) is 5.91 Å². The molecule has 3 amide bonds. The number of imidazole rings is 1. The number of benzene rings is 2. The van der Waals surface area contributed by atoms with Gasteiger partial charge in [-0.25, -0.2) is 9.78 Å². The summed E-state index contributed by atoms with van der Waals surface area (Å²) in [5.41, 5.74) is 1.73. The Morgan fingerprint density at radius 3 is 2.77 bits per heavy atom. The molecule has 0 spiro atoms. The number of fused-ring (bicyclic) bond motifs is 2. The molecule has 5 rings (SSSR count). The van der Waals surface area contributed by atoms with E-state index in [1.807, 2.05) is 48.0 Å². The predicted octanol–water partition coefficient (Wildman–Crippen LogP) is 1.06. The average Bonchev–Trinajstić information content (AvgIpc) is 3.34. The van der Waals surface area contributed by atoms with E-state index in [4.69, 9.17) is 4.74 Å². The van der Waals surface area contributed by atoms with Gasteiger partial charge in [-0.2, -0.15) is 0 Å². The van der Waals surface area contributed by atoms with Crippen molar-refractivity contribution in [3.63, 3.8) is 0 Å². The molecule has 3 heterocycles. The highest BCUT2D eigenvalue weighted by molar-refractivity contribution is 5.99. The molecule has 3 aromatic rings. The molecule has 9 heteroatoms. The van der Waals surface area contributed by atoms with Crippen molar-refractivity contribution in [3.05, 3.63) is 59.4 Å². The Bertz CT molecular complexity index is 1190. The molecular weight excluding hydrogens is 386 g/mol. The van der Waals surface area contributed by atoms with Gasteiger partial charge in [0.05, 0.1) is 24.7 Å². The number of aryl methyl sites for hydroxylation is 1. The number of aliphatic hydroxyl groups excluding tert-OH is 1. The molecule has 2 aromatic carbocycles. The van der Waals surface area contributed by atoms with E-state index in [1.165, 1.54) is 0 Å². The Morgan fingerprint density at radius 2 is 2.07 bits per heavy atom. The molecule has 3 N–H and O–H groups in total. The summed E-state index contributed by atoms with van der Waals surface area (Å²) in [6, 6.07) is 12.4. The van der Waals surface area contributed by atoms with Crippen LogP contribution in [0.2, 0.25) is 0 Å². The summed E-state index contributed by atoms with van der Waals surface area (Å²) in [7, 11) is 3.38. The summed E-state index contributed by atoms with van der Waals surface area (Å²) in [4.78, 5) is 31.6. The molecule has 154 valence electrons. The monoisotopic (exact) mass is 407 g/mol. The molecule has 0 aliphatic carbocycles. The van der Waals surface area contributed by atoms with Gasteiger partial charge in [-0.05, 0) is 29.8 Å². The van der Waals surface area contributed by atoms with E-state index in [0.717, 1.165) is 16.6 Å². The van der Waals surface area contributed by atoms with Crippen molar-refractivity contribution >= 4 is 23.0 Å². The zero-order valence-corrected chi connectivity index (χ0v) is 16.5. The lowest BCUT2D eigenvalue weighted by Gasteiger charge is -2.34. The van der Waals surface area contributed by atoms with E-state index >= 15 is 0 Å². The number of nitrogens with zero attached hydrogens (tertiary/aromatic N) is 3. The Hall–Kier alpha value is -3.59. The Balaban J connectivity index is 1.57. The van der Waals surface area contributed by atoms with E-state index in [0.29, 0.717) is 23.7 Å². The number of nitrogens with one attached hydrogen (secondary N) is 2. The molecule has 30 heavy (non-hydrogen) atoms. The fourth-order valence-corrected chi connectivity index (χ4v) is 4.37. The molecule has 2 unspecified atom stereocenters. The third-order valence-electron chi connectivity index (χ3n) is 5.89. The first-order valence-electron chi connectivity index (χ1n) is 9.58. The van der Waals surface area contributed by atoms with E-state index in [-0.39, 0.29) is 12.5 Å². The first-order chi connectivity index (χ1) is 14.4. The summed E-state index contributed by atoms with van der Waals surface area (Å²) >= 11 is 0. The van der Waals surface area contributed by atoms with Crippen molar-refractivity contribution < 1.29 is 19.4 Å². The highest BCUT2D eigenvalue weighted by Gasteiger charge is 2.53. The molecule has 9 nitrogen and oxygen atoms in total. The minimum Gasteiger partial charge on any atom is -0.497 e. The molecule has 2 atom stereocenters. The first-order valence-corrected chi connectivity index (χ1v) is 9.58. The van der Waals surface area contributed by atoms with Crippen LogP contribution in [-0.4, -0.2) is 51.4 Å². The smallest absolute Gasteiger partial charge is 0.317 e. The molecule has 1 fully saturated rings. The molecule has 0 saturated carbocycles. The van der Waals surface area contributed by atoms with E-state index < -0.39 is 17.8 Å². The zero-order chi connectivity index (χ0) is 21.0. The zero-order valence-electron chi connectivity index (χ0n) is 16.5. The van der Waals surface area contributed by atoms with Gasteiger partial charge in [-0.15, -0.1) is 0 Å². The molecule has 2 aliphatic heterocycles. The third kappa shape index (κ3) is 2.55. The van der Waals surface area contributed by atoms with Crippen LogP contribution >= 0.6 is 0 Å². The molecular formula is C21H21N5O4. The fourth-order valence-electron chi connectivity index (χ4n) is 4.37. The highest BCUT2D eigenvalue weighted by Crippen LogP contribution is 2.34. The average molecular weight is 407 g/mol. The Labute approximate surface area is 172 Å². The van der Waals surface area contributed by atoms with Gasteiger partial charge < -0.3 is 29.9 Å². The molecule has 0 bridgehead atoms. The summed E-state index contributed by atoms with van der Waals surface area (Å²) < 4.78 is 7.07.